The zero-order valence-electron chi connectivity index (χ0n) is 18.0. The number of thioether (sulfide) groups is 1. The molecule has 0 saturated heterocycles. The molecule has 3 heterocycles. The van der Waals surface area contributed by atoms with Crippen molar-refractivity contribution in [3.05, 3.63) is 84.5 Å². The molecule has 33 heavy (non-hydrogen) atoms. The van der Waals surface area contributed by atoms with Crippen molar-refractivity contribution in [1.29, 1.82) is 0 Å². The highest BCUT2D eigenvalue weighted by Gasteiger charge is 2.18. The lowest BCUT2D eigenvalue weighted by Crippen LogP contribution is -2.00. The number of aromatic nitrogens is 6. The minimum absolute atomic E-state index is 0.447. The number of para-hydroxylation sites is 1. The van der Waals surface area contributed by atoms with Crippen LogP contribution in [0.2, 0.25) is 0 Å². The molecule has 0 spiro atoms. The van der Waals surface area contributed by atoms with Gasteiger partial charge in [0.05, 0.1) is 18.4 Å². The minimum Gasteiger partial charge on any atom is -0.496 e. The van der Waals surface area contributed by atoms with Gasteiger partial charge in [-0.3, -0.25) is 9.55 Å². The molecule has 0 fully saturated rings. The lowest BCUT2D eigenvalue weighted by molar-refractivity contribution is 0.390. The molecule has 2 aromatic carbocycles. The Labute approximate surface area is 194 Å². The van der Waals surface area contributed by atoms with Crippen LogP contribution in [0, 0.1) is 6.92 Å². The monoisotopic (exact) mass is 456 g/mol. The average Bonchev–Trinajstić information content (AvgIpc) is 3.51. The van der Waals surface area contributed by atoms with Gasteiger partial charge in [0.1, 0.15) is 5.75 Å². The molecule has 0 aliphatic heterocycles. The van der Waals surface area contributed by atoms with E-state index in [0.717, 1.165) is 27.8 Å². The number of hydrogen-bond donors (Lipinski definition) is 0. The Morgan fingerprint density at radius 3 is 2.55 bits per heavy atom. The van der Waals surface area contributed by atoms with Crippen LogP contribution >= 0.6 is 11.8 Å². The third-order valence-electron chi connectivity index (χ3n) is 5.00. The largest absolute Gasteiger partial charge is 0.496 e. The fourth-order valence-corrected chi connectivity index (χ4v) is 4.15. The normalized spacial score (nSPS) is 11.0. The molecule has 0 saturated carbocycles. The lowest BCUT2D eigenvalue weighted by atomic mass is 10.2. The molecule has 5 rings (SSSR count). The van der Waals surface area contributed by atoms with Gasteiger partial charge in [-0.1, -0.05) is 46.7 Å². The summed E-state index contributed by atoms with van der Waals surface area (Å²) in [5.74, 6) is 2.86. The van der Waals surface area contributed by atoms with Crippen LogP contribution in [-0.4, -0.2) is 37.0 Å². The number of methoxy groups -OCH3 is 1. The molecule has 0 aliphatic carbocycles. The predicted molar refractivity (Wildman–Crippen MR) is 125 cm³/mol. The molecule has 8 nitrogen and oxygen atoms in total. The van der Waals surface area contributed by atoms with Crippen molar-refractivity contribution in [3.63, 3.8) is 0 Å². The highest BCUT2D eigenvalue weighted by Crippen LogP contribution is 2.31. The van der Waals surface area contributed by atoms with E-state index in [9.17, 15) is 0 Å². The summed E-state index contributed by atoms with van der Waals surface area (Å²) in [6.45, 7) is 2.06. The summed E-state index contributed by atoms with van der Waals surface area (Å²) in [6, 6.07) is 19.7. The van der Waals surface area contributed by atoms with Crippen molar-refractivity contribution in [1.82, 2.24) is 29.9 Å². The topological polar surface area (TPSA) is 91.8 Å². The van der Waals surface area contributed by atoms with E-state index in [0.29, 0.717) is 23.2 Å². The maximum absolute atomic E-state index is 5.49. The smallest absolute Gasteiger partial charge is 0.237 e. The summed E-state index contributed by atoms with van der Waals surface area (Å²) in [4.78, 5) is 8.65. The van der Waals surface area contributed by atoms with Gasteiger partial charge in [-0.25, -0.2) is 0 Å². The van der Waals surface area contributed by atoms with E-state index in [1.54, 1.807) is 19.5 Å². The first kappa shape index (κ1) is 20.9. The van der Waals surface area contributed by atoms with E-state index >= 15 is 0 Å². The number of aryl methyl sites for hydroxylation is 1. The second kappa shape index (κ2) is 9.25. The van der Waals surface area contributed by atoms with Crippen LogP contribution in [-0.2, 0) is 5.75 Å². The van der Waals surface area contributed by atoms with E-state index in [1.807, 2.05) is 41.0 Å². The molecule has 0 aliphatic rings. The first-order chi connectivity index (χ1) is 16.2. The van der Waals surface area contributed by atoms with Crippen LogP contribution in [0.15, 0.2) is 82.7 Å². The van der Waals surface area contributed by atoms with Gasteiger partial charge in [0.15, 0.2) is 11.0 Å². The molecule has 0 radical (unpaired) electrons. The summed E-state index contributed by atoms with van der Waals surface area (Å²) in [6.07, 6.45) is 3.49. The SMILES string of the molecule is COc1ccccc1-c1noc(CSc2nnc(-c3ccncc3)n2-c2ccc(C)cc2)n1. The zero-order valence-corrected chi connectivity index (χ0v) is 18.9. The van der Waals surface area contributed by atoms with Crippen LogP contribution in [0.5, 0.6) is 5.75 Å². The second-order valence-corrected chi connectivity index (χ2v) is 8.16. The number of benzene rings is 2. The molecule has 0 N–H and O–H groups in total. The molecule has 9 heteroatoms. The maximum Gasteiger partial charge on any atom is 0.237 e. The zero-order chi connectivity index (χ0) is 22.6. The maximum atomic E-state index is 5.49. The van der Waals surface area contributed by atoms with Gasteiger partial charge in [-0.05, 0) is 43.3 Å². The first-order valence-corrected chi connectivity index (χ1v) is 11.2. The van der Waals surface area contributed by atoms with Crippen molar-refractivity contribution in [2.75, 3.05) is 7.11 Å². The van der Waals surface area contributed by atoms with Gasteiger partial charge in [0.2, 0.25) is 11.7 Å². The number of pyridine rings is 1. The van der Waals surface area contributed by atoms with Crippen molar-refractivity contribution < 1.29 is 9.26 Å². The predicted octanol–water partition coefficient (Wildman–Crippen LogP) is 4.99. The Morgan fingerprint density at radius 2 is 1.76 bits per heavy atom. The van der Waals surface area contributed by atoms with Gasteiger partial charge < -0.3 is 9.26 Å². The Morgan fingerprint density at radius 1 is 0.970 bits per heavy atom. The van der Waals surface area contributed by atoms with E-state index in [1.165, 1.54) is 17.3 Å². The molecular weight excluding hydrogens is 436 g/mol. The average molecular weight is 457 g/mol. The van der Waals surface area contributed by atoms with E-state index < -0.39 is 0 Å². The Kier molecular flexibility index (Phi) is 5.86. The van der Waals surface area contributed by atoms with Crippen molar-refractivity contribution in [2.24, 2.45) is 0 Å². The highest BCUT2D eigenvalue weighted by molar-refractivity contribution is 7.98. The number of hydrogen-bond acceptors (Lipinski definition) is 8. The molecular formula is C24H20N6O2S. The van der Waals surface area contributed by atoms with Gasteiger partial charge in [-0.15, -0.1) is 10.2 Å². The second-order valence-electron chi connectivity index (χ2n) is 7.21. The summed E-state index contributed by atoms with van der Waals surface area (Å²) in [7, 11) is 1.62. The highest BCUT2D eigenvalue weighted by atomic mass is 32.2. The quantitative estimate of drug-likeness (QED) is 0.316. The van der Waals surface area contributed by atoms with Crippen molar-refractivity contribution in [2.45, 2.75) is 17.8 Å². The first-order valence-electron chi connectivity index (χ1n) is 10.2. The standard InChI is InChI=1S/C24H20N6O2S/c1-16-7-9-18(10-8-16)30-23(17-11-13-25-14-12-17)27-28-24(30)33-15-21-26-22(29-32-21)19-5-3-4-6-20(19)31-2/h3-14H,15H2,1-2H3. The number of nitrogens with zero attached hydrogens (tertiary/aromatic N) is 6. The third-order valence-corrected chi connectivity index (χ3v) is 5.92. The van der Waals surface area contributed by atoms with Crippen LogP contribution in [0.25, 0.3) is 28.5 Å². The van der Waals surface area contributed by atoms with Crippen LogP contribution < -0.4 is 4.74 Å². The van der Waals surface area contributed by atoms with E-state index in [-0.39, 0.29) is 0 Å². The Bertz CT molecular complexity index is 1370. The minimum atomic E-state index is 0.447. The van der Waals surface area contributed by atoms with Crippen molar-refractivity contribution in [3.8, 4) is 34.2 Å². The lowest BCUT2D eigenvalue weighted by Gasteiger charge is -2.10. The summed E-state index contributed by atoms with van der Waals surface area (Å²) < 4.78 is 12.9. The number of rotatable bonds is 7. The third kappa shape index (κ3) is 4.35. The Hall–Kier alpha value is -3.98. The van der Waals surface area contributed by atoms with E-state index in [4.69, 9.17) is 9.26 Å². The van der Waals surface area contributed by atoms with Crippen LogP contribution in [0.1, 0.15) is 11.5 Å². The van der Waals surface area contributed by atoms with Gasteiger partial charge in [0, 0.05) is 23.6 Å². The van der Waals surface area contributed by atoms with Crippen LogP contribution in [0.3, 0.4) is 0 Å². The fourth-order valence-electron chi connectivity index (χ4n) is 3.36. The molecule has 0 atom stereocenters. The number of ether oxygens (including phenoxy) is 1. The molecule has 0 amide bonds. The molecule has 0 unspecified atom stereocenters. The molecule has 5 aromatic rings. The molecule has 0 bridgehead atoms. The van der Waals surface area contributed by atoms with Gasteiger partial charge in [-0.2, -0.15) is 4.98 Å². The molecule has 3 aromatic heterocycles. The van der Waals surface area contributed by atoms with Gasteiger partial charge >= 0.3 is 0 Å². The molecule has 164 valence electrons. The van der Waals surface area contributed by atoms with Gasteiger partial charge in [0.25, 0.3) is 0 Å². The fraction of sp³-hybridized carbons (Fsp3) is 0.125. The summed E-state index contributed by atoms with van der Waals surface area (Å²) in [5, 5.41) is 13.7. The van der Waals surface area contributed by atoms with Crippen LogP contribution in [0.4, 0.5) is 0 Å². The summed E-state index contributed by atoms with van der Waals surface area (Å²) >= 11 is 1.48. The Balaban J connectivity index is 1.44. The summed E-state index contributed by atoms with van der Waals surface area (Å²) in [5.41, 5.74) is 3.87. The van der Waals surface area contributed by atoms with E-state index in [2.05, 4.69) is 56.5 Å². The van der Waals surface area contributed by atoms with Crippen molar-refractivity contribution >= 4 is 11.8 Å².